The van der Waals surface area contributed by atoms with Gasteiger partial charge in [0.2, 0.25) is 5.91 Å². The van der Waals surface area contributed by atoms with Crippen LogP contribution in [0.15, 0.2) is 12.1 Å². The largest absolute Gasteiger partial charge is 0.481 e. The summed E-state index contributed by atoms with van der Waals surface area (Å²) in [7, 11) is 0. The molecule has 0 unspecified atom stereocenters. The molecule has 20 heavy (non-hydrogen) atoms. The zero-order chi connectivity index (χ0) is 14.6. The molecule has 1 aromatic heterocycles. The monoisotopic (exact) mass is 315 g/mol. The molecule has 2 rings (SSSR count). The van der Waals surface area contributed by atoms with Crippen molar-refractivity contribution < 1.29 is 14.7 Å². The van der Waals surface area contributed by atoms with Crippen molar-refractivity contribution in [2.75, 3.05) is 6.54 Å². The molecule has 6 heteroatoms. The van der Waals surface area contributed by atoms with Crippen LogP contribution in [0.1, 0.15) is 37.0 Å². The average molecular weight is 316 g/mol. The summed E-state index contributed by atoms with van der Waals surface area (Å²) in [5.41, 5.74) is -0.777. The lowest BCUT2D eigenvalue weighted by Gasteiger charge is -2.33. The molecule has 1 heterocycles. The lowest BCUT2D eigenvalue weighted by molar-refractivity contribution is -0.151. The molecule has 0 aliphatic heterocycles. The lowest BCUT2D eigenvalue weighted by atomic mass is 9.74. The van der Waals surface area contributed by atoms with Crippen molar-refractivity contribution in [3.05, 3.63) is 21.3 Å². The maximum Gasteiger partial charge on any atom is 0.311 e. The number of carbonyl (C=O) groups is 2. The van der Waals surface area contributed by atoms with Crippen molar-refractivity contribution in [2.24, 2.45) is 5.41 Å². The van der Waals surface area contributed by atoms with E-state index in [0.29, 0.717) is 17.2 Å². The van der Waals surface area contributed by atoms with E-state index >= 15 is 0 Å². The number of carboxylic acid groups (broad SMARTS) is 1. The number of halogens is 1. The van der Waals surface area contributed by atoms with E-state index in [1.165, 1.54) is 11.3 Å². The molecule has 1 aliphatic rings. The maximum atomic E-state index is 11.9. The molecular formula is C14H18ClNO3S. The van der Waals surface area contributed by atoms with Crippen molar-refractivity contribution in [3.8, 4) is 0 Å². The summed E-state index contributed by atoms with van der Waals surface area (Å²) in [4.78, 5) is 24.3. The van der Waals surface area contributed by atoms with E-state index in [4.69, 9.17) is 11.6 Å². The predicted octanol–water partition coefficient (Wildman–Crippen LogP) is 3.10. The molecule has 110 valence electrons. The van der Waals surface area contributed by atoms with E-state index in [9.17, 15) is 14.7 Å². The predicted molar refractivity (Wildman–Crippen MR) is 79.2 cm³/mol. The highest BCUT2D eigenvalue weighted by molar-refractivity contribution is 7.16. The third kappa shape index (κ3) is 3.73. The standard InChI is InChI=1S/C14H18ClNO3S/c15-11-5-4-10(20-11)8-12(17)16-9-14(13(18)19)6-2-1-3-7-14/h4-5H,1-3,6-9H2,(H,16,17)(H,18,19). The van der Waals surface area contributed by atoms with Crippen LogP contribution in [0.2, 0.25) is 4.34 Å². The van der Waals surface area contributed by atoms with Gasteiger partial charge in [-0.05, 0) is 25.0 Å². The number of aliphatic carboxylic acids is 1. The molecule has 0 atom stereocenters. The van der Waals surface area contributed by atoms with Gasteiger partial charge < -0.3 is 10.4 Å². The Bertz CT molecular complexity index is 494. The summed E-state index contributed by atoms with van der Waals surface area (Å²) in [6.45, 7) is 0.222. The molecule has 1 fully saturated rings. The van der Waals surface area contributed by atoms with Crippen molar-refractivity contribution in [1.29, 1.82) is 0 Å². The Morgan fingerprint density at radius 1 is 1.30 bits per heavy atom. The first-order valence-electron chi connectivity index (χ1n) is 6.76. The molecule has 0 radical (unpaired) electrons. The van der Waals surface area contributed by atoms with Crippen molar-refractivity contribution in [1.82, 2.24) is 5.32 Å². The molecule has 0 aromatic carbocycles. The molecule has 1 aliphatic carbocycles. The Kier molecular flexibility index (Phi) is 5.05. The van der Waals surface area contributed by atoms with Gasteiger partial charge in [0, 0.05) is 11.4 Å². The van der Waals surface area contributed by atoms with Gasteiger partial charge >= 0.3 is 5.97 Å². The third-order valence-corrected chi connectivity index (χ3v) is 5.08. The van der Waals surface area contributed by atoms with Crippen molar-refractivity contribution in [2.45, 2.75) is 38.5 Å². The van der Waals surface area contributed by atoms with Gasteiger partial charge in [0.25, 0.3) is 0 Å². The van der Waals surface area contributed by atoms with Gasteiger partial charge in [0.1, 0.15) is 0 Å². The molecule has 4 nitrogen and oxygen atoms in total. The quantitative estimate of drug-likeness (QED) is 0.877. The molecular weight excluding hydrogens is 298 g/mol. The molecule has 0 spiro atoms. The van der Waals surface area contributed by atoms with Gasteiger partial charge in [0.15, 0.2) is 0 Å². The normalized spacial score (nSPS) is 17.6. The van der Waals surface area contributed by atoms with E-state index < -0.39 is 11.4 Å². The fourth-order valence-corrected chi connectivity index (χ4v) is 3.72. The molecule has 2 N–H and O–H groups in total. The fraction of sp³-hybridized carbons (Fsp3) is 0.571. The Hall–Kier alpha value is -1.07. The van der Waals surface area contributed by atoms with E-state index in [-0.39, 0.29) is 18.9 Å². The van der Waals surface area contributed by atoms with Gasteiger partial charge in [-0.3, -0.25) is 9.59 Å². The highest BCUT2D eigenvalue weighted by Crippen LogP contribution is 2.36. The van der Waals surface area contributed by atoms with E-state index in [1.54, 1.807) is 6.07 Å². The smallest absolute Gasteiger partial charge is 0.311 e. The van der Waals surface area contributed by atoms with Crippen LogP contribution in [-0.2, 0) is 16.0 Å². The number of hydrogen-bond acceptors (Lipinski definition) is 3. The minimum atomic E-state index is -0.795. The Morgan fingerprint density at radius 3 is 2.55 bits per heavy atom. The van der Waals surface area contributed by atoms with Gasteiger partial charge in [-0.2, -0.15) is 0 Å². The van der Waals surface area contributed by atoms with Crippen LogP contribution in [0, 0.1) is 5.41 Å². The highest BCUT2D eigenvalue weighted by atomic mass is 35.5. The second-order valence-electron chi connectivity index (χ2n) is 5.31. The lowest BCUT2D eigenvalue weighted by Crippen LogP contribution is -2.44. The minimum absolute atomic E-state index is 0.144. The zero-order valence-electron chi connectivity index (χ0n) is 11.2. The number of rotatable bonds is 5. The topological polar surface area (TPSA) is 66.4 Å². The van der Waals surface area contributed by atoms with E-state index in [0.717, 1.165) is 24.1 Å². The third-order valence-electron chi connectivity index (χ3n) is 3.85. The number of carbonyl (C=O) groups excluding carboxylic acids is 1. The van der Waals surface area contributed by atoms with Crippen LogP contribution in [0.3, 0.4) is 0 Å². The summed E-state index contributed by atoms with van der Waals surface area (Å²) < 4.78 is 0.655. The number of amides is 1. The van der Waals surface area contributed by atoms with Crippen LogP contribution in [0.25, 0.3) is 0 Å². The molecule has 1 aromatic rings. The second-order valence-corrected chi connectivity index (χ2v) is 7.11. The first kappa shape index (κ1) is 15.3. The van der Waals surface area contributed by atoms with Crippen LogP contribution in [0.5, 0.6) is 0 Å². The van der Waals surface area contributed by atoms with Gasteiger partial charge in [-0.15, -0.1) is 11.3 Å². The summed E-state index contributed by atoms with van der Waals surface area (Å²) in [5, 5.41) is 12.2. The summed E-state index contributed by atoms with van der Waals surface area (Å²) in [5.74, 6) is -0.939. The van der Waals surface area contributed by atoms with Crippen LogP contribution < -0.4 is 5.32 Å². The SMILES string of the molecule is O=C(Cc1ccc(Cl)s1)NCC1(C(=O)O)CCCCC1. The van der Waals surface area contributed by atoms with Crippen LogP contribution in [0.4, 0.5) is 0 Å². The molecule has 0 saturated heterocycles. The Balaban J connectivity index is 1.89. The summed E-state index contributed by atoms with van der Waals surface area (Å²) >= 11 is 7.19. The Morgan fingerprint density at radius 2 is 2.00 bits per heavy atom. The van der Waals surface area contributed by atoms with Gasteiger partial charge in [-0.25, -0.2) is 0 Å². The number of hydrogen-bond donors (Lipinski definition) is 2. The van der Waals surface area contributed by atoms with Gasteiger partial charge in [0.05, 0.1) is 16.2 Å². The molecule has 1 amide bonds. The fourth-order valence-electron chi connectivity index (χ4n) is 2.63. The first-order valence-corrected chi connectivity index (χ1v) is 7.96. The van der Waals surface area contributed by atoms with Crippen LogP contribution in [-0.4, -0.2) is 23.5 Å². The number of nitrogens with one attached hydrogen (secondary N) is 1. The average Bonchev–Trinajstić information content (AvgIpc) is 2.83. The van der Waals surface area contributed by atoms with Crippen molar-refractivity contribution >= 4 is 34.8 Å². The maximum absolute atomic E-state index is 11.9. The first-order chi connectivity index (χ1) is 9.52. The van der Waals surface area contributed by atoms with E-state index in [1.807, 2.05) is 6.07 Å². The van der Waals surface area contributed by atoms with E-state index in [2.05, 4.69) is 5.32 Å². The van der Waals surface area contributed by atoms with Crippen molar-refractivity contribution in [3.63, 3.8) is 0 Å². The molecule has 0 bridgehead atoms. The number of thiophene rings is 1. The van der Waals surface area contributed by atoms with Crippen LogP contribution >= 0.6 is 22.9 Å². The zero-order valence-corrected chi connectivity index (χ0v) is 12.7. The number of carboxylic acids is 1. The minimum Gasteiger partial charge on any atom is -0.481 e. The second kappa shape index (κ2) is 6.59. The summed E-state index contributed by atoms with van der Waals surface area (Å²) in [6.07, 6.45) is 4.47. The Labute approximate surface area is 127 Å². The highest BCUT2D eigenvalue weighted by Gasteiger charge is 2.39. The molecule has 1 saturated carbocycles. The summed E-state index contributed by atoms with van der Waals surface area (Å²) in [6, 6.07) is 3.58. The van der Waals surface area contributed by atoms with Gasteiger partial charge in [-0.1, -0.05) is 30.9 Å².